The Morgan fingerprint density at radius 1 is 1.26 bits per heavy atom. The van der Waals surface area contributed by atoms with Crippen LogP contribution >= 0.6 is 24.8 Å². The standard InChI is InChI=1S/C17H21N5O3.2ClH/c1-11(10-18)20-17(23)13-6-7-15(16(9-13)22(24)25)21-12(2)14-5-3-4-8-19-14;;/h3-9,11-12,21H,10,18H2,1-2H3,(H,20,23);2*1H/t11-,12?;;/m0../s1. The van der Waals surface area contributed by atoms with Gasteiger partial charge >= 0.3 is 0 Å². The zero-order valence-corrected chi connectivity index (χ0v) is 16.5. The predicted octanol–water partition coefficient (Wildman–Crippen LogP) is 3.08. The summed E-state index contributed by atoms with van der Waals surface area (Å²) in [6, 6.07) is 9.37. The molecule has 2 rings (SSSR count). The Balaban J connectivity index is 0.00000338. The maximum atomic E-state index is 12.1. The van der Waals surface area contributed by atoms with Crippen molar-refractivity contribution < 1.29 is 9.72 Å². The van der Waals surface area contributed by atoms with E-state index in [1.165, 1.54) is 12.1 Å². The number of nitro benzene ring substituents is 1. The van der Waals surface area contributed by atoms with Crippen LogP contribution in [0.1, 0.15) is 35.9 Å². The van der Waals surface area contributed by atoms with Crippen LogP contribution in [0.2, 0.25) is 0 Å². The summed E-state index contributed by atoms with van der Waals surface area (Å²) in [6.07, 6.45) is 1.66. The summed E-state index contributed by atoms with van der Waals surface area (Å²) in [5.41, 5.74) is 6.60. The molecule has 0 aliphatic carbocycles. The van der Waals surface area contributed by atoms with Gasteiger partial charge in [-0.1, -0.05) is 6.07 Å². The average Bonchev–Trinajstić information content (AvgIpc) is 2.62. The Morgan fingerprint density at radius 3 is 2.52 bits per heavy atom. The van der Waals surface area contributed by atoms with E-state index in [2.05, 4.69) is 15.6 Å². The number of nitrogens with one attached hydrogen (secondary N) is 2. The summed E-state index contributed by atoms with van der Waals surface area (Å²) in [6.45, 7) is 3.90. The predicted molar refractivity (Wildman–Crippen MR) is 110 cm³/mol. The van der Waals surface area contributed by atoms with E-state index in [-0.39, 0.29) is 54.7 Å². The second kappa shape index (κ2) is 11.3. The van der Waals surface area contributed by atoms with Gasteiger partial charge in [0.15, 0.2) is 0 Å². The Bertz CT molecular complexity index is 761. The molecule has 2 atom stereocenters. The number of hydrogen-bond acceptors (Lipinski definition) is 6. The molecule has 0 aliphatic heterocycles. The van der Waals surface area contributed by atoms with Crippen molar-refractivity contribution in [1.82, 2.24) is 10.3 Å². The summed E-state index contributed by atoms with van der Waals surface area (Å²) < 4.78 is 0. The molecule has 1 aromatic heterocycles. The van der Waals surface area contributed by atoms with Gasteiger partial charge in [-0.05, 0) is 38.1 Å². The Labute approximate surface area is 169 Å². The average molecular weight is 416 g/mol. The second-order valence-electron chi connectivity index (χ2n) is 5.72. The lowest BCUT2D eigenvalue weighted by Crippen LogP contribution is -2.37. The van der Waals surface area contributed by atoms with Crippen LogP contribution in [0.5, 0.6) is 0 Å². The molecule has 2 aromatic rings. The molecule has 1 amide bonds. The molecular formula is C17H23Cl2N5O3. The number of nitrogens with zero attached hydrogens (tertiary/aromatic N) is 2. The van der Waals surface area contributed by atoms with Gasteiger partial charge in [-0.25, -0.2) is 0 Å². The van der Waals surface area contributed by atoms with Crippen molar-refractivity contribution in [2.24, 2.45) is 5.73 Å². The van der Waals surface area contributed by atoms with E-state index in [4.69, 9.17) is 5.73 Å². The lowest BCUT2D eigenvalue weighted by atomic mass is 10.1. The smallest absolute Gasteiger partial charge is 0.293 e. The number of aromatic nitrogens is 1. The molecule has 0 saturated heterocycles. The molecule has 27 heavy (non-hydrogen) atoms. The van der Waals surface area contributed by atoms with Gasteiger partial charge in [0.25, 0.3) is 11.6 Å². The van der Waals surface area contributed by atoms with Gasteiger partial charge in [-0.3, -0.25) is 19.9 Å². The van der Waals surface area contributed by atoms with Crippen molar-refractivity contribution in [3.8, 4) is 0 Å². The second-order valence-corrected chi connectivity index (χ2v) is 5.72. The molecule has 1 aromatic carbocycles. The normalized spacial score (nSPS) is 12.0. The number of nitrogens with two attached hydrogens (primary N) is 1. The number of nitro groups is 1. The zero-order valence-electron chi connectivity index (χ0n) is 14.9. The van der Waals surface area contributed by atoms with Crippen molar-refractivity contribution in [3.63, 3.8) is 0 Å². The fourth-order valence-electron chi connectivity index (χ4n) is 2.25. The van der Waals surface area contributed by atoms with E-state index in [1.807, 2.05) is 19.1 Å². The minimum atomic E-state index is -0.517. The van der Waals surface area contributed by atoms with E-state index in [9.17, 15) is 14.9 Å². The highest BCUT2D eigenvalue weighted by molar-refractivity contribution is 5.96. The van der Waals surface area contributed by atoms with E-state index in [0.717, 1.165) is 5.69 Å². The minimum absolute atomic E-state index is 0. The van der Waals surface area contributed by atoms with E-state index in [1.54, 1.807) is 25.3 Å². The van der Waals surface area contributed by atoms with Crippen molar-refractivity contribution >= 4 is 42.1 Å². The van der Waals surface area contributed by atoms with Crippen molar-refractivity contribution in [3.05, 3.63) is 64.0 Å². The third kappa shape index (κ3) is 6.67. The number of halogens is 2. The molecule has 1 heterocycles. The minimum Gasteiger partial charge on any atom is -0.371 e. The first-order valence-corrected chi connectivity index (χ1v) is 7.89. The van der Waals surface area contributed by atoms with Crippen LogP contribution in [0.25, 0.3) is 0 Å². The van der Waals surface area contributed by atoms with Crippen LogP contribution in [0, 0.1) is 10.1 Å². The van der Waals surface area contributed by atoms with Crippen molar-refractivity contribution in [1.29, 1.82) is 0 Å². The number of hydrogen-bond donors (Lipinski definition) is 3. The first kappa shape index (κ1) is 24.6. The Hall–Kier alpha value is -2.42. The number of benzene rings is 1. The molecule has 10 heteroatoms. The lowest BCUT2D eigenvalue weighted by Gasteiger charge is -2.16. The van der Waals surface area contributed by atoms with Crippen LogP contribution in [-0.2, 0) is 0 Å². The van der Waals surface area contributed by atoms with Crippen LogP contribution < -0.4 is 16.4 Å². The summed E-state index contributed by atoms with van der Waals surface area (Å²) in [4.78, 5) is 27.2. The van der Waals surface area contributed by atoms with Gasteiger partial charge in [0.2, 0.25) is 0 Å². The number of rotatable bonds is 7. The number of carbonyl (C=O) groups is 1. The van der Waals surface area contributed by atoms with Gasteiger partial charge in [-0.2, -0.15) is 0 Å². The third-order valence-corrected chi connectivity index (χ3v) is 3.69. The number of carbonyl (C=O) groups excluding carboxylic acids is 1. The van der Waals surface area contributed by atoms with Crippen LogP contribution in [0.15, 0.2) is 42.6 Å². The van der Waals surface area contributed by atoms with Crippen molar-refractivity contribution in [2.45, 2.75) is 25.9 Å². The molecular weight excluding hydrogens is 393 g/mol. The Kier molecular flexibility index (Phi) is 10.3. The molecule has 0 saturated carbocycles. The zero-order chi connectivity index (χ0) is 18.4. The Morgan fingerprint density at radius 2 is 1.96 bits per heavy atom. The van der Waals surface area contributed by atoms with Gasteiger partial charge in [0, 0.05) is 30.4 Å². The molecule has 1 unspecified atom stereocenters. The summed E-state index contributed by atoms with van der Waals surface area (Å²) >= 11 is 0. The molecule has 0 bridgehead atoms. The lowest BCUT2D eigenvalue weighted by molar-refractivity contribution is -0.384. The van der Waals surface area contributed by atoms with Crippen LogP contribution in [0.3, 0.4) is 0 Å². The highest BCUT2D eigenvalue weighted by Gasteiger charge is 2.20. The first-order chi connectivity index (χ1) is 11.9. The molecule has 8 nitrogen and oxygen atoms in total. The third-order valence-electron chi connectivity index (χ3n) is 3.69. The highest BCUT2D eigenvalue weighted by atomic mass is 35.5. The van der Waals surface area contributed by atoms with Gasteiger partial charge in [0.1, 0.15) is 5.69 Å². The fourth-order valence-corrected chi connectivity index (χ4v) is 2.25. The molecule has 4 N–H and O–H groups in total. The van der Waals surface area contributed by atoms with Crippen LogP contribution in [-0.4, -0.2) is 28.4 Å². The molecule has 0 aliphatic rings. The SMILES string of the molecule is CC(Nc1ccc(C(=O)N[C@@H](C)CN)cc1[N+](=O)[O-])c1ccccn1.Cl.Cl. The molecule has 0 radical (unpaired) electrons. The maximum absolute atomic E-state index is 12.1. The number of pyridine rings is 1. The highest BCUT2D eigenvalue weighted by Crippen LogP contribution is 2.28. The summed E-state index contributed by atoms with van der Waals surface area (Å²) in [5.74, 6) is -0.398. The first-order valence-electron chi connectivity index (χ1n) is 7.89. The van der Waals surface area contributed by atoms with E-state index in [0.29, 0.717) is 5.69 Å². The fraction of sp³-hybridized carbons (Fsp3) is 0.294. The number of amides is 1. The van der Waals surface area contributed by atoms with E-state index >= 15 is 0 Å². The molecule has 148 valence electrons. The van der Waals surface area contributed by atoms with Gasteiger partial charge < -0.3 is 16.4 Å². The van der Waals surface area contributed by atoms with Crippen molar-refractivity contribution in [2.75, 3.05) is 11.9 Å². The van der Waals surface area contributed by atoms with Crippen LogP contribution in [0.4, 0.5) is 11.4 Å². The largest absolute Gasteiger partial charge is 0.371 e. The number of anilines is 1. The monoisotopic (exact) mass is 415 g/mol. The summed E-state index contributed by atoms with van der Waals surface area (Å²) in [5, 5.41) is 17.1. The van der Waals surface area contributed by atoms with E-state index < -0.39 is 10.8 Å². The van der Waals surface area contributed by atoms with Gasteiger partial charge in [0.05, 0.1) is 16.7 Å². The topological polar surface area (TPSA) is 123 Å². The maximum Gasteiger partial charge on any atom is 0.293 e. The molecule has 0 spiro atoms. The quantitative estimate of drug-likeness (QED) is 0.471. The molecule has 0 fully saturated rings. The summed E-state index contributed by atoms with van der Waals surface area (Å²) in [7, 11) is 0. The van der Waals surface area contributed by atoms with Gasteiger partial charge in [-0.15, -0.1) is 24.8 Å².